The average molecular weight is 299 g/mol. The van der Waals surface area contributed by atoms with Gasteiger partial charge in [0.2, 0.25) is 5.91 Å². The first-order chi connectivity index (χ1) is 10.6. The number of esters is 1. The molecule has 0 saturated carbocycles. The monoisotopic (exact) mass is 299 g/mol. The molecule has 6 heteroatoms. The van der Waals surface area contributed by atoms with Gasteiger partial charge in [0, 0.05) is 25.2 Å². The van der Waals surface area contributed by atoms with Gasteiger partial charge in [0.25, 0.3) is 0 Å². The molecule has 2 aromatic rings. The predicted molar refractivity (Wildman–Crippen MR) is 80.8 cm³/mol. The van der Waals surface area contributed by atoms with Crippen molar-refractivity contribution < 1.29 is 14.3 Å². The molecule has 22 heavy (non-hydrogen) atoms. The number of pyridine rings is 2. The van der Waals surface area contributed by atoms with Gasteiger partial charge in [-0.3, -0.25) is 14.8 Å². The van der Waals surface area contributed by atoms with Crippen molar-refractivity contribution in [3.05, 3.63) is 48.3 Å². The maximum atomic E-state index is 11.7. The topological polar surface area (TPSA) is 81.2 Å². The number of rotatable bonds is 5. The van der Waals surface area contributed by atoms with Crippen molar-refractivity contribution in [3.8, 4) is 11.4 Å². The largest absolute Gasteiger partial charge is 0.467 e. The van der Waals surface area contributed by atoms with E-state index in [1.165, 1.54) is 14.0 Å². The summed E-state index contributed by atoms with van der Waals surface area (Å²) >= 11 is 0. The van der Waals surface area contributed by atoms with Crippen LogP contribution in [0, 0.1) is 0 Å². The van der Waals surface area contributed by atoms with Gasteiger partial charge in [0.15, 0.2) is 0 Å². The molecule has 0 aliphatic rings. The van der Waals surface area contributed by atoms with Crippen LogP contribution in [0.5, 0.6) is 0 Å². The third kappa shape index (κ3) is 4.12. The van der Waals surface area contributed by atoms with Crippen LogP contribution in [0.15, 0.2) is 42.6 Å². The number of nitrogens with one attached hydrogen (secondary N) is 1. The Hall–Kier alpha value is -2.76. The Kier molecular flexibility index (Phi) is 5.19. The Balaban J connectivity index is 2.21. The summed E-state index contributed by atoms with van der Waals surface area (Å²) in [5, 5.41) is 2.57. The van der Waals surface area contributed by atoms with Crippen molar-refractivity contribution in [2.45, 2.75) is 19.4 Å². The van der Waals surface area contributed by atoms with E-state index in [-0.39, 0.29) is 12.3 Å². The first-order valence-corrected chi connectivity index (χ1v) is 6.82. The summed E-state index contributed by atoms with van der Waals surface area (Å²) in [5.41, 5.74) is 2.13. The molecule has 1 atom stereocenters. The standard InChI is InChI=1S/C16H17N3O3/c1-11(20)18-15(16(21)22-2)10-12-6-5-8-14(19-12)13-7-3-4-9-17-13/h3-9,15H,10H2,1-2H3,(H,18,20). The first-order valence-electron chi connectivity index (χ1n) is 6.82. The summed E-state index contributed by atoms with van der Waals surface area (Å²) in [7, 11) is 1.29. The predicted octanol–water partition coefficient (Wildman–Crippen LogP) is 1.36. The lowest BCUT2D eigenvalue weighted by Gasteiger charge is -2.15. The second kappa shape index (κ2) is 7.31. The number of amides is 1. The summed E-state index contributed by atoms with van der Waals surface area (Å²) < 4.78 is 4.71. The van der Waals surface area contributed by atoms with E-state index in [0.29, 0.717) is 11.4 Å². The molecule has 6 nitrogen and oxygen atoms in total. The van der Waals surface area contributed by atoms with Crippen LogP contribution in [0.2, 0.25) is 0 Å². The molecule has 2 heterocycles. The lowest BCUT2D eigenvalue weighted by atomic mass is 10.1. The lowest BCUT2D eigenvalue weighted by molar-refractivity contribution is -0.144. The summed E-state index contributed by atoms with van der Waals surface area (Å²) in [6.45, 7) is 1.35. The van der Waals surface area contributed by atoms with E-state index in [4.69, 9.17) is 4.74 Å². The van der Waals surface area contributed by atoms with E-state index in [1.54, 1.807) is 12.3 Å². The van der Waals surface area contributed by atoms with Gasteiger partial charge in [-0.15, -0.1) is 0 Å². The molecule has 1 amide bonds. The molecular formula is C16H17N3O3. The molecule has 0 aliphatic carbocycles. The third-order valence-corrected chi connectivity index (χ3v) is 3.01. The number of ether oxygens (including phenoxy) is 1. The minimum absolute atomic E-state index is 0.257. The fourth-order valence-corrected chi connectivity index (χ4v) is 2.04. The highest BCUT2D eigenvalue weighted by Gasteiger charge is 2.21. The molecule has 0 spiro atoms. The zero-order chi connectivity index (χ0) is 15.9. The smallest absolute Gasteiger partial charge is 0.328 e. The molecule has 1 N–H and O–H groups in total. The van der Waals surface area contributed by atoms with Crippen LogP contribution in [0.1, 0.15) is 12.6 Å². The maximum absolute atomic E-state index is 11.7. The van der Waals surface area contributed by atoms with E-state index in [2.05, 4.69) is 15.3 Å². The SMILES string of the molecule is COC(=O)C(Cc1cccc(-c2ccccn2)n1)NC(C)=O. The van der Waals surface area contributed by atoms with Crippen LogP contribution in [-0.2, 0) is 20.7 Å². The highest BCUT2D eigenvalue weighted by Crippen LogP contribution is 2.14. The molecule has 0 bridgehead atoms. The fraction of sp³-hybridized carbons (Fsp3) is 0.250. The quantitative estimate of drug-likeness (QED) is 0.843. The number of hydrogen-bond donors (Lipinski definition) is 1. The highest BCUT2D eigenvalue weighted by molar-refractivity contribution is 5.83. The normalized spacial score (nSPS) is 11.5. The Labute approximate surface area is 128 Å². The summed E-state index contributed by atoms with van der Waals surface area (Å²) in [4.78, 5) is 31.7. The van der Waals surface area contributed by atoms with Crippen LogP contribution < -0.4 is 5.32 Å². The average Bonchev–Trinajstić information content (AvgIpc) is 2.54. The van der Waals surface area contributed by atoms with Crippen molar-refractivity contribution in [1.29, 1.82) is 0 Å². The summed E-state index contributed by atoms with van der Waals surface area (Å²) in [6, 6.07) is 10.3. The van der Waals surface area contributed by atoms with Gasteiger partial charge in [-0.2, -0.15) is 0 Å². The van der Waals surface area contributed by atoms with Gasteiger partial charge in [-0.1, -0.05) is 12.1 Å². The number of carbonyl (C=O) groups excluding carboxylic acids is 2. The van der Waals surface area contributed by atoms with Crippen molar-refractivity contribution in [3.63, 3.8) is 0 Å². The lowest BCUT2D eigenvalue weighted by Crippen LogP contribution is -2.42. The Morgan fingerprint density at radius 2 is 1.95 bits per heavy atom. The number of aromatic nitrogens is 2. The van der Waals surface area contributed by atoms with Gasteiger partial charge in [0.1, 0.15) is 6.04 Å². The molecule has 1 unspecified atom stereocenters. The third-order valence-electron chi connectivity index (χ3n) is 3.01. The number of hydrogen-bond acceptors (Lipinski definition) is 5. The van der Waals surface area contributed by atoms with Crippen molar-refractivity contribution in [2.75, 3.05) is 7.11 Å². The van der Waals surface area contributed by atoms with Crippen LogP contribution in [0.4, 0.5) is 0 Å². The zero-order valence-electron chi connectivity index (χ0n) is 12.4. The van der Waals surface area contributed by atoms with Gasteiger partial charge >= 0.3 is 5.97 Å². The molecule has 2 rings (SSSR count). The Morgan fingerprint density at radius 3 is 2.59 bits per heavy atom. The summed E-state index contributed by atoms with van der Waals surface area (Å²) in [5.74, 6) is -0.795. The maximum Gasteiger partial charge on any atom is 0.328 e. The number of nitrogens with zero attached hydrogens (tertiary/aromatic N) is 2. The van der Waals surface area contributed by atoms with E-state index >= 15 is 0 Å². The minimum Gasteiger partial charge on any atom is -0.467 e. The van der Waals surface area contributed by atoms with Gasteiger partial charge in [-0.05, 0) is 24.3 Å². The van der Waals surface area contributed by atoms with E-state index in [1.807, 2.05) is 30.3 Å². The van der Waals surface area contributed by atoms with Gasteiger partial charge < -0.3 is 10.1 Å². The second-order valence-corrected chi connectivity index (χ2v) is 4.71. The second-order valence-electron chi connectivity index (χ2n) is 4.71. The minimum atomic E-state index is -0.756. The van der Waals surface area contributed by atoms with Crippen molar-refractivity contribution in [2.24, 2.45) is 0 Å². The Bertz CT molecular complexity index is 659. The number of methoxy groups -OCH3 is 1. The molecule has 0 radical (unpaired) electrons. The molecule has 0 aromatic carbocycles. The molecular weight excluding hydrogens is 282 g/mol. The molecule has 0 aliphatic heterocycles. The highest BCUT2D eigenvalue weighted by atomic mass is 16.5. The Morgan fingerprint density at radius 1 is 1.18 bits per heavy atom. The molecule has 114 valence electrons. The molecule has 2 aromatic heterocycles. The van der Waals surface area contributed by atoms with Crippen LogP contribution in [-0.4, -0.2) is 35.0 Å². The van der Waals surface area contributed by atoms with Crippen molar-refractivity contribution in [1.82, 2.24) is 15.3 Å². The van der Waals surface area contributed by atoms with Gasteiger partial charge in [0.05, 0.1) is 18.5 Å². The van der Waals surface area contributed by atoms with Gasteiger partial charge in [-0.25, -0.2) is 4.79 Å². The van der Waals surface area contributed by atoms with E-state index < -0.39 is 12.0 Å². The molecule has 0 fully saturated rings. The van der Waals surface area contributed by atoms with Crippen LogP contribution >= 0.6 is 0 Å². The van der Waals surface area contributed by atoms with E-state index in [0.717, 1.165) is 5.69 Å². The van der Waals surface area contributed by atoms with Crippen LogP contribution in [0.25, 0.3) is 11.4 Å². The van der Waals surface area contributed by atoms with Crippen LogP contribution in [0.3, 0.4) is 0 Å². The first kappa shape index (κ1) is 15.6. The van der Waals surface area contributed by atoms with E-state index in [9.17, 15) is 9.59 Å². The fourth-order valence-electron chi connectivity index (χ4n) is 2.04. The summed E-state index contributed by atoms with van der Waals surface area (Å²) in [6.07, 6.45) is 1.95. The number of carbonyl (C=O) groups is 2. The molecule has 0 saturated heterocycles. The zero-order valence-corrected chi connectivity index (χ0v) is 12.4. The van der Waals surface area contributed by atoms with Crippen molar-refractivity contribution >= 4 is 11.9 Å².